The van der Waals surface area contributed by atoms with Crippen molar-refractivity contribution in [3.63, 3.8) is 0 Å². The van der Waals surface area contributed by atoms with E-state index in [2.05, 4.69) is 10.3 Å². The molecule has 0 saturated heterocycles. The van der Waals surface area contributed by atoms with Crippen molar-refractivity contribution in [1.82, 2.24) is 4.98 Å². The Morgan fingerprint density at radius 3 is 2.43 bits per heavy atom. The number of hydrogen-bond donors (Lipinski definition) is 1. The molecule has 0 spiro atoms. The molecule has 21 heavy (non-hydrogen) atoms. The Hall–Kier alpha value is -2.47. The van der Waals surface area contributed by atoms with Crippen LogP contribution in [-0.4, -0.2) is 15.8 Å². The Morgan fingerprint density at radius 1 is 1.24 bits per heavy atom. The first-order chi connectivity index (χ1) is 9.90. The third-order valence-corrected chi connectivity index (χ3v) is 3.19. The summed E-state index contributed by atoms with van der Waals surface area (Å²) in [5.74, 6) is -0.622. The van der Waals surface area contributed by atoms with Crippen LogP contribution >= 0.6 is 11.6 Å². The van der Waals surface area contributed by atoms with Crippen molar-refractivity contribution in [2.75, 3.05) is 5.32 Å². The van der Waals surface area contributed by atoms with Gasteiger partial charge in [-0.3, -0.25) is 14.9 Å². The summed E-state index contributed by atoms with van der Waals surface area (Å²) in [6, 6.07) is 7.93. The summed E-state index contributed by atoms with van der Waals surface area (Å²) in [5, 5.41) is 13.5. The van der Waals surface area contributed by atoms with Crippen LogP contribution in [0.1, 0.15) is 21.5 Å². The molecule has 0 fully saturated rings. The first-order valence-corrected chi connectivity index (χ1v) is 6.46. The lowest BCUT2D eigenvalue weighted by atomic mass is 10.0. The zero-order valence-corrected chi connectivity index (χ0v) is 12.1. The molecule has 2 rings (SSSR count). The average Bonchev–Trinajstić information content (AvgIpc) is 2.38. The number of pyridine rings is 1. The number of halogens is 1. The second-order valence-corrected chi connectivity index (χ2v) is 4.87. The van der Waals surface area contributed by atoms with Gasteiger partial charge in [-0.25, -0.2) is 4.98 Å². The van der Waals surface area contributed by atoms with Crippen molar-refractivity contribution in [2.45, 2.75) is 13.8 Å². The van der Waals surface area contributed by atoms with Crippen molar-refractivity contribution >= 4 is 29.0 Å². The number of anilines is 1. The minimum atomic E-state index is -0.621. The number of carbonyl (C=O) groups excluding carboxylic acids is 1. The maximum atomic E-state index is 12.3. The van der Waals surface area contributed by atoms with Crippen LogP contribution in [0.25, 0.3) is 0 Å². The van der Waals surface area contributed by atoms with Crippen molar-refractivity contribution in [3.05, 3.63) is 62.3 Å². The molecule has 0 aliphatic carbocycles. The van der Waals surface area contributed by atoms with Gasteiger partial charge in [0.2, 0.25) is 5.82 Å². The second kappa shape index (κ2) is 5.88. The van der Waals surface area contributed by atoms with E-state index in [0.29, 0.717) is 5.56 Å². The molecule has 1 amide bonds. The van der Waals surface area contributed by atoms with Gasteiger partial charge in [0.05, 0.1) is 4.92 Å². The van der Waals surface area contributed by atoms with Crippen molar-refractivity contribution in [1.29, 1.82) is 0 Å². The lowest BCUT2D eigenvalue weighted by Crippen LogP contribution is -2.17. The fourth-order valence-corrected chi connectivity index (χ4v) is 2.16. The molecule has 0 unspecified atom stereocenters. The minimum Gasteiger partial charge on any atom is -0.301 e. The molecule has 1 heterocycles. The molecular weight excluding hydrogens is 294 g/mol. The van der Waals surface area contributed by atoms with Gasteiger partial charge >= 0.3 is 5.69 Å². The van der Waals surface area contributed by atoms with E-state index in [-0.39, 0.29) is 16.7 Å². The quantitative estimate of drug-likeness (QED) is 0.534. The second-order valence-electron chi connectivity index (χ2n) is 4.48. The molecular formula is C14H12ClN3O3. The number of carbonyl (C=O) groups is 1. The maximum absolute atomic E-state index is 12.3. The van der Waals surface area contributed by atoms with Gasteiger partial charge in [-0.1, -0.05) is 29.8 Å². The number of aromatic nitrogens is 1. The highest BCUT2D eigenvalue weighted by atomic mass is 35.5. The largest absolute Gasteiger partial charge is 0.311 e. The van der Waals surface area contributed by atoms with Gasteiger partial charge in [-0.15, -0.1) is 0 Å². The van der Waals surface area contributed by atoms with Gasteiger partial charge < -0.3 is 5.32 Å². The molecule has 0 radical (unpaired) electrons. The smallest absolute Gasteiger partial charge is 0.301 e. The first-order valence-electron chi connectivity index (χ1n) is 6.08. The third-order valence-electron chi connectivity index (χ3n) is 2.98. The molecule has 108 valence electrons. The van der Waals surface area contributed by atoms with Crippen molar-refractivity contribution in [2.24, 2.45) is 0 Å². The summed E-state index contributed by atoms with van der Waals surface area (Å²) in [6.45, 7) is 3.59. The summed E-state index contributed by atoms with van der Waals surface area (Å²) >= 11 is 5.73. The van der Waals surface area contributed by atoms with Gasteiger partial charge in [-0.2, -0.15) is 0 Å². The number of benzene rings is 1. The van der Waals surface area contributed by atoms with Gasteiger partial charge in [0.1, 0.15) is 5.15 Å². The van der Waals surface area contributed by atoms with Crippen LogP contribution in [0.15, 0.2) is 30.3 Å². The molecule has 0 aliphatic rings. The predicted molar refractivity (Wildman–Crippen MR) is 79.8 cm³/mol. The van der Waals surface area contributed by atoms with E-state index in [1.54, 1.807) is 26.0 Å². The Labute approximate surface area is 125 Å². The number of aryl methyl sites for hydroxylation is 2. The lowest BCUT2D eigenvalue weighted by Gasteiger charge is -2.10. The minimum absolute atomic E-state index is 0.0670. The molecule has 0 saturated carbocycles. The van der Waals surface area contributed by atoms with Crippen LogP contribution < -0.4 is 5.32 Å². The van der Waals surface area contributed by atoms with E-state index in [1.807, 2.05) is 6.07 Å². The Kier molecular flexibility index (Phi) is 4.18. The number of nitrogens with one attached hydrogen (secondary N) is 1. The standard InChI is InChI=1S/C14H12ClN3O3/c1-8-4-3-5-9(2)12(8)14(19)17-13-10(18(20)21)6-7-11(15)16-13/h3-7H,1-2H3,(H,16,17,19). The van der Waals surface area contributed by atoms with Gasteiger partial charge in [0.25, 0.3) is 5.91 Å². The zero-order valence-electron chi connectivity index (χ0n) is 11.4. The molecule has 1 N–H and O–H groups in total. The van der Waals surface area contributed by atoms with Crippen LogP contribution in [0, 0.1) is 24.0 Å². The molecule has 1 aromatic heterocycles. The highest BCUT2D eigenvalue weighted by molar-refractivity contribution is 6.29. The van der Waals surface area contributed by atoms with Gasteiger partial charge in [0, 0.05) is 11.6 Å². The number of nitrogens with zero attached hydrogens (tertiary/aromatic N) is 2. The Balaban J connectivity index is 2.40. The van der Waals surface area contributed by atoms with Crippen LogP contribution in [0.2, 0.25) is 5.15 Å². The lowest BCUT2D eigenvalue weighted by molar-refractivity contribution is -0.384. The predicted octanol–water partition coefficient (Wildman–Crippen LogP) is 3.51. The number of rotatable bonds is 3. The van der Waals surface area contributed by atoms with Gasteiger partial charge in [-0.05, 0) is 31.0 Å². The van der Waals surface area contributed by atoms with Crippen LogP contribution in [0.5, 0.6) is 0 Å². The first kappa shape index (κ1) is 14.9. The van der Waals surface area contributed by atoms with Gasteiger partial charge in [0.15, 0.2) is 0 Å². The normalized spacial score (nSPS) is 10.2. The van der Waals surface area contributed by atoms with Crippen LogP contribution in [0.4, 0.5) is 11.5 Å². The monoisotopic (exact) mass is 305 g/mol. The maximum Gasteiger partial charge on any atom is 0.311 e. The molecule has 6 nitrogen and oxygen atoms in total. The number of hydrogen-bond acceptors (Lipinski definition) is 4. The van der Waals surface area contributed by atoms with E-state index in [4.69, 9.17) is 11.6 Å². The average molecular weight is 306 g/mol. The topological polar surface area (TPSA) is 85.1 Å². The molecule has 7 heteroatoms. The van der Waals surface area contributed by atoms with Crippen molar-refractivity contribution < 1.29 is 9.72 Å². The molecule has 0 atom stereocenters. The van der Waals surface area contributed by atoms with E-state index in [0.717, 1.165) is 11.1 Å². The Morgan fingerprint density at radius 2 is 1.86 bits per heavy atom. The molecule has 2 aromatic rings. The highest BCUT2D eigenvalue weighted by Gasteiger charge is 2.20. The molecule has 0 aliphatic heterocycles. The third kappa shape index (κ3) is 3.17. The fourth-order valence-electron chi connectivity index (χ4n) is 2.01. The molecule has 1 aromatic carbocycles. The fraction of sp³-hybridized carbons (Fsp3) is 0.143. The van der Waals surface area contributed by atoms with E-state index < -0.39 is 10.8 Å². The summed E-state index contributed by atoms with van der Waals surface area (Å²) in [7, 11) is 0. The summed E-state index contributed by atoms with van der Waals surface area (Å²) in [4.78, 5) is 26.5. The molecule has 0 bridgehead atoms. The highest BCUT2D eigenvalue weighted by Crippen LogP contribution is 2.25. The summed E-state index contributed by atoms with van der Waals surface area (Å²) in [5.41, 5.74) is 1.71. The summed E-state index contributed by atoms with van der Waals surface area (Å²) < 4.78 is 0. The van der Waals surface area contributed by atoms with E-state index >= 15 is 0 Å². The Bertz CT molecular complexity index is 711. The zero-order chi connectivity index (χ0) is 15.6. The van der Waals surface area contributed by atoms with E-state index in [9.17, 15) is 14.9 Å². The van der Waals surface area contributed by atoms with Crippen LogP contribution in [0.3, 0.4) is 0 Å². The SMILES string of the molecule is Cc1cccc(C)c1C(=O)Nc1nc(Cl)ccc1[N+](=O)[O-]. The number of amides is 1. The number of nitro groups is 1. The van der Waals surface area contributed by atoms with Crippen LogP contribution in [-0.2, 0) is 0 Å². The summed E-state index contributed by atoms with van der Waals surface area (Å²) in [6.07, 6.45) is 0. The van der Waals surface area contributed by atoms with E-state index in [1.165, 1.54) is 12.1 Å². The van der Waals surface area contributed by atoms with Crippen molar-refractivity contribution in [3.8, 4) is 0 Å².